The second-order valence-corrected chi connectivity index (χ2v) is 30.8. The van der Waals surface area contributed by atoms with Crippen LogP contribution in [0.5, 0.6) is 0 Å². The molecule has 11 rings (SSSR count). The Kier molecular flexibility index (Phi) is 21.3. The first kappa shape index (κ1) is 74.2. The van der Waals surface area contributed by atoms with Crippen molar-refractivity contribution in [2.24, 2.45) is 50.2 Å². The number of carbonyl (C=O) groups is 1. The maximum absolute atomic E-state index is 15.5. The predicted octanol–water partition coefficient (Wildman–Crippen LogP) is -6.53. The van der Waals surface area contributed by atoms with Gasteiger partial charge in [-0.3, -0.25) is 4.79 Å². The smallest absolute Gasteiger partial charge is 0.317 e. The molecule has 32 heteroatoms. The van der Waals surface area contributed by atoms with Crippen LogP contribution < -0.4 is 0 Å². The van der Waals surface area contributed by atoms with E-state index in [1.807, 2.05) is 0 Å². The van der Waals surface area contributed by atoms with Crippen LogP contribution in [0.3, 0.4) is 0 Å². The average molecular weight is 1370 g/mol. The number of aliphatic hydroxyl groups is 19. The van der Waals surface area contributed by atoms with Gasteiger partial charge in [0.15, 0.2) is 37.6 Å². The van der Waals surface area contributed by atoms with E-state index < -0.39 is 263 Å². The van der Waals surface area contributed by atoms with Crippen molar-refractivity contribution in [1.82, 2.24) is 0 Å². The Labute approximate surface area is 548 Å². The monoisotopic (exact) mass is 1370 g/mol. The molecule has 10 fully saturated rings. The molecule has 6 aliphatic heterocycles. The van der Waals surface area contributed by atoms with Gasteiger partial charge in [0, 0.05) is 5.41 Å². The van der Waals surface area contributed by atoms with Gasteiger partial charge in [0.1, 0.15) is 115 Å². The lowest BCUT2D eigenvalue weighted by Crippen LogP contribution is -2.71. The van der Waals surface area contributed by atoms with Gasteiger partial charge in [0.2, 0.25) is 6.29 Å². The van der Waals surface area contributed by atoms with Crippen LogP contribution in [0.4, 0.5) is 0 Å². The first-order valence-corrected chi connectivity index (χ1v) is 33.2. The minimum atomic E-state index is -2.09. The molecule has 37 atom stereocenters. The molecule has 95 heavy (non-hydrogen) atoms. The van der Waals surface area contributed by atoms with Gasteiger partial charge in [-0.15, -0.1) is 0 Å². The number of aliphatic hydroxyl groups excluding tert-OH is 18. The minimum absolute atomic E-state index is 0.0729. The average Bonchev–Trinajstić information content (AvgIpc) is 0.927. The van der Waals surface area contributed by atoms with E-state index in [2.05, 4.69) is 40.7 Å². The summed E-state index contributed by atoms with van der Waals surface area (Å²) >= 11 is 0. The number of hydrogen-bond donors (Lipinski definition) is 19. The van der Waals surface area contributed by atoms with Crippen LogP contribution in [-0.2, 0) is 61.6 Å². The summed E-state index contributed by atoms with van der Waals surface area (Å²) in [5, 5.41) is 210. The van der Waals surface area contributed by atoms with E-state index in [9.17, 15) is 97.0 Å². The maximum atomic E-state index is 15.5. The molecular formula is C63H102O32. The topological polar surface area (TPSA) is 512 Å². The molecule has 4 saturated carbocycles. The normalized spacial score (nSPS) is 55.5. The van der Waals surface area contributed by atoms with E-state index in [4.69, 9.17) is 56.8 Å². The summed E-state index contributed by atoms with van der Waals surface area (Å²) in [6, 6.07) is 0. The van der Waals surface area contributed by atoms with E-state index in [0.29, 0.717) is 32.1 Å². The third-order valence-corrected chi connectivity index (χ3v) is 24.7. The highest BCUT2D eigenvalue weighted by Crippen LogP contribution is 2.76. The van der Waals surface area contributed by atoms with Crippen molar-refractivity contribution in [1.29, 1.82) is 0 Å². The summed E-state index contributed by atoms with van der Waals surface area (Å²) in [5.41, 5.74) is -6.58. The van der Waals surface area contributed by atoms with E-state index in [1.54, 1.807) is 6.92 Å². The van der Waals surface area contributed by atoms with E-state index >= 15 is 4.79 Å². The van der Waals surface area contributed by atoms with Gasteiger partial charge in [-0.25, -0.2) is 0 Å². The lowest BCUT2D eigenvalue weighted by molar-refractivity contribution is -0.375. The number of allylic oxidation sites excluding steroid dienone is 2. The summed E-state index contributed by atoms with van der Waals surface area (Å²) in [6.45, 7) is 9.12. The first-order valence-electron chi connectivity index (χ1n) is 33.2. The fourth-order valence-electron chi connectivity index (χ4n) is 18.9. The molecule has 6 heterocycles. The first-order chi connectivity index (χ1) is 44.5. The molecule has 11 aliphatic rings. The highest BCUT2D eigenvalue weighted by molar-refractivity contribution is 5.80. The highest BCUT2D eigenvalue weighted by atomic mass is 16.8. The summed E-state index contributed by atoms with van der Waals surface area (Å²) in [4.78, 5) is 15.5. The Balaban J connectivity index is 0.796. The van der Waals surface area contributed by atoms with Gasteiger partial charge >= 0.3 is 5.97 Å². The Morgan fingerprint density at radius 1 is 0.537 bits per heavy atom. The number of fused-ring (bicyclic) bond motifs is 7. The molecular weight excluding hydrogens is 1270 g/mol. The molecule has 19 N–H and O–H groups in total. The van der Waals surface area contributed by atoms with Crippen LogP contribution >= 0.6 is 0 Å². The summed E-state index contributed by atoms with van der Waals surface area (Å²) in [5.74, 6) is -2.12. The van der Waals surface area contributed by atoms with Crippen LogP contribution in [0.15, 0.2) is 11.6 Å². The fraction of sp³-hybridized carbons (Fsp3) is 0.952. The fourth-order valence-corrected chi connectivity index (χ4v) is 18.9. The third kappa shape index (κ3) is 12.3. The predicted molar refractivity (Wildman–Crippen MR) is 313 cm³/mol. The zero-order valence-corrected chi connectivity index (χ0v) is 54.4. The molecule has 32 nitrogen and oxygen atoms in total. The zero-order chi connectivity index (χ0) is 69.4. The molecule has 0 spiro atoms. The Hall–Kier alpha value is -1.99. The molecule has 5 aliphatic carbocycles. The van der Waals surface area contributed by atoms with Crippen molar-refractivity contribution < 1.29 is 159 Å². The largest absolute Gasteiger partial charge is 0.432 e. The zero-order valence-electron chi connectivity index (χ0n) is 54.4. The lowest BCUT2D eigenvalue weighted by atomic mass is 9.33. The van der Waals surface area contributed by atoms with Gasteiger partial charge in [0.05, 0.1) is 70.7 Å². The summed E-state index contributed by atoms with van der Waals surface area (Å²) in [6.07, 6.45) is -41.9. The molecule has 0 aromatic rings. The standard InChI is InChI=1S/C63H102O32/c1-24-44(90-50-42(79)45(29(70)20-84-50)91-55-48(81)62(83,22-67)23-86-55)39(76)41(78)51(87-24)93-47-35(72)28(69)19-85-54(47)95-56(82)63-13-12-57(2,3)14-26(63)25-8-9-33-58(4)15-27(68)49(59(5,21-66)32(58)10-11-60(33,6)61(25,7)16-34(63)71)94-53-43(80)46(37(74)31(18-65)89-53)92-52-40(77)38(75)36(73)30(17-64)88-52/h8,24,26-55,64-81,83H,9-23H2,1-7H3/t24-,26-,27-,28+,29+,30-,31+,32-,33-,34-,35-,36+,37+,38-,39+,40-,41+,42+,43+,44+,45+,46-,47-,48+,49-,50+,51-,52+,53+,54-,55-,58-,59-,60+,61-,62-,63+/m0/s1. The molecule has 0 aromatic carbocycles. The number of hydrogen-bond acceptors (Lipinski definition) is 32. The second kappa shape index (κ2) is 27.3. The quantitative estimate of drug-likeness (QED) is 0.0388. The number of rotatable bonds is 16. The SMILES string of the molecule is C[C@@H]1O[C@@H](O[C@@H]2[C@H](OC(=O)[C@]34CCC(C)(C)C[C@H]3C3=CC[C@H]5[C@@]6(C)C[C@H](O)[C@H](O[C@H]7O[C@H](CO)[C@@H](O)[C@H](O[C@H]8O[C@@H](CO)[C@@H](O)[C@H](O)[C@@H]8O)[C@H]7O)[C@@](C)(CO)[C@H]6CC[C@@]5(C)[C@@]3(C)C[C@@H]4O)OC[C@@H](O)[C@@H]2O)[C@H](O)[C@@H](O)[C@@H]1O[C@H]1OC[C@@H](O)[C@@H](O[C@@H]2OC[C@@](O)(CO)[C@@H]2O)[C@H]1O. The highest BCUT2D eigenvalue weighted by Gasteiger charge is 2.74. The molecule has 6 saturated heterocycles. The second-order valence-electron chi connectivity index (χ2n) is 30.8. The van der Waals surface area contributed by atoms with Crippen LogP contribution in [0.1, 0.15) is 99.8 Å². The van der Waals surface area contributed by atoms with Crippen molar-refractivity contribution in [3.8, 4) is 0 Å². The van der Waals surface area contributed by atoms with Crippen LogP contribution in [0.2, 0.25) is 0 Å². The Morgan fingerprint density at radius 3 is 1.78 bits per heavy atom. The molecule has 0 aromatic heterocycles. The van der Waals surface area contributed by atoms with Crippen LogP contribution in [-0.4, -0.2) is 327 Å². The van der Waals surface area contributed by atoms with Gasteiger partial charge in [-0.05, 0) is 97.7 Å². The van der Waals surface area contributed by atoms with E-state index in [0.717, 1.165) is 5.57 Å². The number of esters is 1. The molecule has 0 amide bonds. The lowest BCUT2D eigenvalue weighted by Gasteiger charge is -2.72. The van der Waals surface area contributed by atoms with Gasteiger partial charge in [0.25, 0.3) is 0 Å². The minimum Gasteiger partial charge on any atom is -0.432 e. The Bertz CT molecular complexity index is 2700. The number of ether oxygens (including phenoxy) is 12. The van der Waals surface area contributed by atoms with Crippen molar-refractivity contribution in [2.75, 3.05) is 46.2 Å². The number of carbonyl (C=O) groups excluding carboxylic acids is 1. The molecule has 0 radical (unpaired) electrons. The van der Waals surface area contributed by atoms with Crippen molar-refractivity contribution in [2.45, 2.75) is 277 Å². The van der Waals surface area contributed by atoms with Gasteiger partial charge < -0.3 is 154 Å². The maximum Gasteiger partial charge on any atom is 0.317 e. The van der Waals surface area contributed by atoms with E-state index in [-0.39, 0.29) is 36.5 Å². The van der Waals surface area contributed by atoms with Gasteiger partial charge in [-0.1, -0.05) is 53.2 Å². The van der Waals surface area contributed by atoms with Crippen molar-refractivity contribution >= 4 is 5.97 Å². The van der Waals surface area contributed by atoms with Crippen LogP contribution in [0.25, 0.3) is 0 Å². The summed E-state index contributed by atoms with van der Waals surface area (Å²) in [7, 11) is 0. The molecule has 546 valence electrons. The Morgan fingerprint density at radius 2 is 1.13 bits per heavy atom. The summed E-state index contributed by atoms with van der Waals surface area (Å²) < 4.78 is 70.5. The van der Waals surface area contributed by atoms with Gasteiger partial charge in [-0.2, -0.15) is 0 Å². The molecule has 0 bridgehead atoms. The van der Waals surface area contributed by atoms with Crippen LogP contribution in [0, 0.1) is 50.2 Å². The molecule has 0 unspecified atom stereocenters. The van der Waals surface area contributed by atoms with E-state index in [1.165, 1.54) is 6.92 Å². The third-order valence-electron chi connectivity index (χ3n) is 24.7. The van der Waals surface area contributed by atoms with Crippen molar-refractivity contribution in [3.63, 3.8) is 0 Å². The van der Waals surface area contributed by atoms with Crippen molar-refractivity contribution in [3.05, 3.63) is 11.6 Å².